The zero-order valence-electron chi connectivity index (χ0n) is 9.67. The first-order chi connectivity index (χ1) is 8.21. The van der Waals surface area contributed by atoms with Crippen LogP contribution in [0.5, 0.6) is 11.5 Å². The minimum Gasteiger partial charge on any atom is -0.454 e. The fraction of sp³-hybridized carbons (Fsp3) is 0.538. The molecule has 0 spiro atoms. The molecular weight excluding hydrogens is 282 g/mol. The Labute approximate surface area is 109 Å². The van der Waals surface area contributed by atoms with E-state index in [0.717, 1.165) is 34.4 Å². The van der Waals surface area contributed by atoms with E-state index in [2.05, 4.69) is 15.9 Å². The predicted molar refractivity (Wildman–Crippen MR) is 69.2 cm³/mol. The van der Waals surface area contributed by atoms with Gasteiger partial charge in [0.1, 0.15) is 0 Å². The molecule has 0 aromatic heterocycles. The van der Waals surface area contributed by atoms with E-state index in [1.54, 1.807) is 0 Å². The fourth-order valence-electron chi connectivity index (χ4n) is 2.84. The Hall–Kier alpha value is -0.740. The number of hydrogen-bond acceptors (Lipinski definition) is 3. The molecule has 1 aromatic carbocycles. The summed E-state index contributed by atoms with van der Waals surface area (Å²) in [6, 6.07) is 3.94. The summed E-state index contributed by atoms with van der Waals surface area (Å²) < 4.78 is 12.1. The molecule has 1 aromatic rings. The Bertz CT molecular complexity index is 441. The summed E-state index contributed by atoms with van der Waals surface area (Å²) in [7, 11) is 0. The lowest BCUT2D eigenvalue weighted by atomic mass is 9.77. The molecule has 0 atom stereocenters. The molecule has 2 N–H and O–H groups in total. The van der Waals surface area contributed by atoms with Crippen LogP contribution in [0.25, 0.3) is 0 Å². The van der Waals surface area contributed by atoms with Gasteiger partial charge in [0, 0.05) is 15.6 Å². The van der Waals surface area contributed by atoms with Crippen LogP contribution in [0.15, 0.2) is 16.6 Å². The number of rotatable bonds is 1. The molecule has 0 bridgehead atoms. The van der Waals surface area contributed by atoms with Crippen molar-refractivity contribution >= 4 is 15.9 Å². The third-order valence-corrected chi connectivity index (χ3v) is 4.39. The molecule has 1 heterocycles. The first-order valence-corrected chi connectivity index (χ1v) is 6.87. The van der Waals surface area contributed by atoms with Crippen LogP contribution < -0.4 is 15.2 Å². The monoisotopic (exact) mass is 297 g/mol. The number of hydrogen-bond donors (Lipinski definition) is 1. The normalized spacial score (nSPS) is 21.5. The van der Waals surface area contributed by atoms with Crippen molar-refractivity contribution in [3.05, 3.63) is 22.2 Å². The zero-order chi connectivity index (χ0) is 11.9. The van der Waals surface area contributed by atoms with Crippen molar-refractivity contribution in [3.63, 3.8) is 0 Å². The summed E-state index contributed by atoms with van der Waals surface area (Å²) in [6.07, 6.45) is 5.70. The van der Waals surface area contributed by atoms with E-state index in [-0.39, 0.29) is 5.54 Å². The van der Waals surface area contributed by atoms with Crippen molar-refractivity contribution in [1.82, 2.24) is 0 Å². The van der Waals surface area contributed by atoms with Gasteiger partial charge >= 0.3 is 0 Å². The quantitative estimate of drug-likeness (QED) is 0.865. The van der Waals surface area contributed by atoms with Gasteiger partial charge in [-0.1, -0.05) is 35.2 Å². The summed E-state index contributed by atoms with van der Waals surface area (Å²) in [4.78, 5) is 0. The third kappa shape index (κ3) is 1.83. The molecule has 1 aliphatic heterocycles. The van der Waals surface area contributed by atoms with E-state index in [9.17, 15) is 0 Å². The second-order valence-electron chi connectivity index (χ2n) is 4.87. The Morgan fingerprint density at radius 2 is 1.88 bits per heavy atom. The lowest BCUT2D eigenvalue weighted by Gasteiger charge is -2.35. The fourth-order valence-corrected chi connectivity index (χ4v) is 3.55. The van der Waals surface area contributed by atoms with E-state index in [4.69, 9.17) is 15.2 Å². The summed E-state index contributed by atoms with van der Waals surface area (Å²) >= 11 is 3.61. The maximum Gasteiger partial charge on any atom is 0.231 e. The highest BCUT2D eigenvalue weighted by Crippen LogP contribution is 2.48. The highest BCUT2D eigenvalue weighted by molar-refractivity contribution is 9.10. The van der Waals surface area contributed by atoms with E-state index in [1.807, 2.05) is 12.1 Å². The van der Waals surface area contributed by atoms with Crippen LogP contribution in [0, 0.1) is 0 Å². The number of nitrogens with two attached hydrogens (primary N) is 1. The lowest BCUT2D eigenvalue weighted by molar-refractivity contribution is 0.170. The van der Waals surface area contributed by atoms with E-state index in [0.29, 0.717) is 6.79 Å². The van der Waals surface area contributed by atoms with Crippen LogP contribution >= 0.6 is 15.9 Å². The van der Waals surface area contributed by atoms with E-state index in [1.165, 1.54) is 19.3 Å². The predicted octanol–water partition coefficient (Wildman–Crippen LogP) is 3.30. The maximum absolute atomic E-state index is 6.59. The van der Waals surface area contributed by atoms with Crippen LogP contribution in [0.1, 0.15) is 37.7 Å². The maximum atomic E-state index is 6.59. The highest BCUT2D eigenvalue weighted by Gasteiger charge is 2.36. The summed E-state index contributed by atoms with van der Waals surface area (Å²) in [5.41, 5.74) is 7.41. The Morgan fingerprint density at radius 1 is 1.12 bits per heavy atom. The molecule has 1 saturated carbocycles. The molecule has 0 amide bonds. The van der Waals surface area contributed by atoms with Gasteiger partial charge in [-0.3, -0.25) is 0 Å². The largest absolute Gasteiger partial charge is 0.454 e. The van der Waals surface area contributed by atoms with Crippen molar-refractivity contribution in [2.75, 3.05) is 6.79 Å². The lowest BCUT2D eigenvalue weighted by Crippen LogP contribution is -2.39. The van der Waals surface area contributed by atoms with Crippen LogP contribution in [0.2, 0.25) is 0 Å². The van der Waals surface area contributed by atoms with Crippen molar-refractivity contribution < 1.29 is 9.47 Å². The molecule has 1 fully saturated rings. The Kier molecular flexibility index (Phi) is 2.79. The second-order valence-corrected chi connectivity index (χ2v) is 5.73. The molecule has 3 rings (SSSR count). The minimum atomic E-state index is -0.268. The molecular formula is C13H16BrNO2. The van der Waals surface area contributed by atoms with Gasteiger partial charge in [-0.25, -0.2) is 0 Å². The van der Waals surface area contributed by atoms with Crippen LogP contribution in [0.4, 0.5) is 0 Å². The molecule has 17 heavy (non-hydrogen) atoms. The Morgan fingerprint density at radius 3 is 2.65 bits per heavy atom. The number of halogens is 1. The van der Waals surface area contributed by atoms with Crippen molar-refractivity contribution in [2.45, 2.75) is 37.6 Å². The van der Waals surface area contributed by atoms with Gasteiger partial charge in [0.2, 0.25) is 6.79 Å². The molecule has 0 unspecified atom stereocenters. The average molecular weight is 298 g/mol. The highest BCUT2D eigenvalue weighted by atomic mass is 79.9. The molecule has 0 saturated heterocycles. The summed E-state index contributed by atoms with van der Waals surface area (Å²) in [5.74, 6) is 1.65. The number of ether oxygens (including phenoxy) is 2. The molecule has 0 radical (unpaired) electrons. The number of fused-ring (bicyclic) bond motifs is 1. The van der Waals surface area contributed by atoms with Gasteiger partial charge < -0.3 is 15.2 Å². The SMILES string of the molecule is NC1(c2c(Br)ccc3c2OCO3)CCCCC1. The van der Waals surface area contributed by atoms with Gasteiger partial charge in [0.25, 0.3) is 0 Å². The minimum absolute atomic E-state index is 0.268. The van der Waals surface area contributed by atoms with Gasteiger partial charge in [0.05, 0.1) is 0 Å². The molecule has 1 aliphatic carbocycles. The molecule has 4 heteroatoms. The van der Waals surface area contributed by atoms with Gasteiger partial charge in [-0.15, -0.1) is 0 Å². The van der Waals surface area contributed by atoms with Crippen LogP contribution in [-0.4, -0.2) is 6.79 Å². The van der Waals surface area contributed by atoms with Crippen molar-refractivity contribution in [1.29, 1.82) is 0 Å². The van der Waals surface area contributed by atoms with Gasteiger partial charge in [0.15, 0.2) is 11.5 Å². The van der Waals surface area contributed by atoms with Crippen molar-refractivity contribution in [3.8, 4) is 11.5 Å². The average Bonchev–Trinajstić information content (AvgIpc) is 2.77. The first-order valence-electron chi connectivity index (χ1n) is 6.08. The molecule has 3 nitrogen and oxygen atoms in total. The molecule has 2 aliphatic rings. The van der Waals surface area contributed by atoms with Crippen molar-refractivity contribution in [2.24, 2.45) is 5.73 Å². The summed E-state index contributed by atoms with van der Waals surface area (Å²) in [6.45, 7) is 0.300. The second kappa shape index (κ2) is 4.18. The smallest absolute Gasteiger partial charge is 0.231 e. The Balaban J connectivity index is 2.10. The topological polar surface area (TPSA) is 44.5 Å². The van der Waals surface area contributed by atoms with Crippen LogP contribution in [-0.2, 0) is 5.54 Å². The first kappa shape index (κ1) is 11.4. The van der Waals surface area contributed by atoms with Crippen LogP contribution in [0.3, 0.4) is 0 Å². The van der Waals surface area contributed by atoms with E-state index >= 15 is 0 Å². The van der Waals surface area contributed by atoms with Gasteiger partial charge in [-0.05, 0) is 25.0 Å². The molecule has 92 valence electrons. The summed E-state index contributed by atoms with van der Waals surface area (Å²) in [5, 5.41) is 0. The van der Waals surface area contributed by atoms with E-state index < -0.39 is 0 Å². The number of benzene rings is 1. The standard InChI is InChI=1S/C13H16BrNO2/c14-9-4-5-10-12(17-8-16-10)11(9)13(15)6-2-1-3-7-13/h4-5H,1-3,6-8,15H2. The zero-order valence-corrected chi connectivity index (χ0v) is 11.3. The third-order valence-electron chi connectivity index (χ3n) is 3.73. The van der Waals surface area contributed by atoms with Gasteiger partial charge in [-0.2, -0.15) is 0 Å².